The first-order valence-electron chi connectivity index (χ1n) is 9.06. The molecule has 1 amide bonds. The summed E-state index contributed by atoms with van der Waals surface area (Å²) >= 11 is 1.36. The van der Waals surface area contributed by atoms with Crippen LogP contribution in [0.15, 0.2) is 58.5 Å². The van der Waals surface area contributed by atoms with Crippen LogP contribution >= 0.6 is 11.8 Å². The van der Waals surface area contributed by atoms with Crippen molar-refractivity contribution in [3.63, 3.8) is 0 Å². The number of rotatable bonds is 4. The van der Waals surface area contributed by atoms with E-state index < -0.39 is 6.04 Å². The van der Waals surface area contributed by atoms with Gasteiger partial charge in [-0.15, -0.1) is 0 Å². The second kappa shape index (κ2) is 7.27. The number of carbonyl (C=O) groups is 1. The van der Waals surface area contributed by atoms with Gasteiger partial charge in [0.25, 0.3) is 5.91 Å². The summed E-state index contributed by atoms with van der Waals surface area (Å²) in [4.78, 5) is 24.1. The lowest BCUT2D eigenvalue weighted by atomic mass is 10.00. The molecule has 0 spiro atoms. The molecule has 2 aromatic rings. The predicted molar refractivity (Wildman–Crippen MR) is 108 cm³/mol. The molecule has 2 aliphatic heterocycles. The van der Waals surface area contributed by atoms with E-state index in [1.54, 1.807) is 17.0 Å². The number of carbonyl (C=O) groups excluding carboxylic acids is 1. The largest absolute Gasteiger partial charge is 0.271 e. The molecule has 2 atom stereocenters. The molecule has 2 unspecified atom stereocenters. The summed E-state index contributed by atoms with van der Waals surface area (Å²) in [7, 11) is 0. The molecule has 0 aromatic heterocycles. The number of thioether (sulfide) groups is 1. The molecule has 6 heteroatoms. The van der Waals surface area contributed by atoms with E-state index in [9.17, 15) is 9.18 Å². The fourth-order valence-corrected chi connectivity index (χ4v) is 4.21. The third-order valence-corrected chi connectivity index (χ3v) is 5.98. The van der Waals surface area contributed by atoms with Crippen LogP contribution in [0.2, 0.25) is 0 Å². The molecule has 27 heavy (non-hydrogen) atoms. The molecule has 0 radical (unpaired) electrons. The lowest BCUT2D eigenvalue weighted by Gasteiger charge is -2.26. The van der Waals surface area contributed by atoms with E-state index in [0.717, 1.165) is 17.7 Å². The summed E-state index contributed by atoms with van der Waals surface area (Å²) < 4.78 is 14.0. The summed E-state index contributed by atoms with van der Waals surface area (Å²) in [5, 5.41) is 0.562. The van der Waals surface area contributed by atoms with Crippen LogP contribution in [0.1, 0.15) is 31.4 Å². The van der Waals surface area contributed by atoms with Crippen LogP contribution in [-0.2, 0) is 10.5 Å². The number of aliphatic imine (C=N–C) groups is 2. The van der Waals surface area contributed by atoms with Gasteiger partial charge in [-0.2, -0.15) is 0 Å². The maximum Gasteiger partial charge on any atom is 0.259 e. The molecule has 0 aliphatic carbocycles. The molecule has 2 aromatic carbocycles. The Kier molecular flexibility index (Phi) is 4.83. The van der Waals surface area contributed by atoms with Crippen molar-refractivity contribution in [3.05, 3.63) is 65.5 Å². The standard InChI is InChI=1S/C21H20FN3OS/c1-3-13(2)18-20(26)25-19(24-18)15-9-5-7-11-17(15)23-21(25)27-12-14-8-4-6-10-16(14)22/h4-11,13,18H,3,12H2,1-2H3. The van der Waals surface area contributed by atoms with Gasteiger partial charge in [-0.25, -0.2) is 14.3 Å². The van der Waals surface area contributed by atoms with Crippen LogP contribution in [0, 0.1) is 11.7 Å². The minimum atomic E-state index is -0.393. The Morgan fingerprint density at radius 2 is 1.93 bits per heavy atom. The van der Waals surface area contributed by atoms with E-state index in [-0.39, 0.29) is 17.6 Å². The number of halogens is 1. The molecule has 0 bridgehead atoms. The topological polar surface area (TPSA) is 45.0 Å². The van der Waals surface area contributed by atoms with Crippen molar-refractivity contribution in [1.29, 1.82) is 0 Å². The van der Waals surface area contributed by atoms with Gasteiger partial charge >= 0.3 is 0 Å². The maximum absolute atomic E-state index is 14.0. The lowest BCUT2D eigenvalue weighted by Crippen LogP contribution is -2.42. The Bertz CT molecular complexity index is 956. The molecule has 4 nitrogen and oxygen atoms in total. The normalized spacial score (nSPS) is 19.3. The highest BCUT2D eigenvalue weighted by atomic mass is 32.2. The zero-order valence-corrected chi connectivity index (χ0v) is 16.0. The van der Waals surface area contributed by atoms with Crippen molar-refractivity contribution in [1.82, 2.24) is 4.90 Å². The summed E-state index contributed by atoms with van der Waals surface area (Å²) in [5.41, 5.74) is 2.25. The molecule has 0 saturated carbocycles. The summed E-state index contributed by atoms with van der Waals surface area (Å²) in [5.74, 6) is 0.917. The van der Waals surface area contributed by atoms with Gasteiger partial charge in [-0.1, -0.05) is 62.4 Å². The zero-order chi connectivity index (χ0) is 19.0. The Morgan fingerprint density at radius 3 is 2.70 bits per heavy atom. The van der Waals surface area contributed by atoms with E-state index in [1.807, 2.05) is 37.3 Å². The summed E-state index contributed by atoms with van der Waals surface area (Å²) in [6.07, 6.45) is 0.873. The second-order valence-electron chi connectivity index (χ2n) is 6.75. The third-order valence-electron chi connectivity index (χ3n) is 5.00. The second-order valence-corrected chi connectivity index (χ2v) is 7.69. The first-order chi connectivity index (χ1) is 13.1. The van der Waals surface area contributed by atoms with Gasteiger partial charge in [0.15, 0.2) is 5.17 Å². The van der Waals surface area contributed by atoms with Gasteiger partial charge in [-0.05, 0) is 29.7 Å². The molecular weight excluding hydrogens is 361 g/mol. The molecular formula is C21H20FN3OS. The monoisotopic (exact) mass is 381 g/mol. The number of hydrogen-bond acceptors (Lipinski definition) is 4. The van der Waals surface area contributed by atoms with E-state index >= 15 is 0 Å². The highest BCUT2D eigenvalue weighted by molar-refractivity contribution is 8.13. The molecule has 2 heterocycles. The highest BCUT2D eigenvalue weighted by Crippen LogP contribution is 2.36. The van der Waals surface area contributed by atoms with Crippen molar-refractivity contribution in [2.24, 2.45) is 15.9 Å². The molecule has 138 valence electrons. The SMILES string of the molecule is CCC(C)C1N=C2c3ccccc3N=C(SCc3ccccc3F)N2C1=O. The molecule has 2 aliphatic rings. The molecule has 4 rings (SSSR count). The van der Waals surface area contributed by atoms with Crippen molar-refractivity contribution >= 4 is 34.4 Å². The first kappa shape index (κ1) is 17.9. The van der Waals surface area contributed by atoms with Crippen molar-refractivity contribution < 1.29 is 9.18 Å². The van der Waals surface area contributed by atoms with E-state index in [1.165, 1.54) is 17.8 Å². The highest BCUT2D eigenvalue weighted by Gasteiger charge is 2.42. The predicted octanol–water partition coefficient (Wildman–Crippen LogP) is 4.76. The average Bonchev–Trinajstić information content (AvgIpc) is 3.04. The number of para-hydroxylation sites is 1. The number of nitrogens with zero attached hydrogens (tertiary/aromatic N) is 3. The first-order valence-corrected chi connectivity index (χ1v) is 10.0. The van der Waals surface area contributed by atoms with Gasteiger partial charge in [0, 0.05) is 11.3 Å². The van der Waals surface area contributed by atoms with E-state index in [4.69, 9.17) is 4.99 Å². The minimum absolute atomic E-state index is 0.0476. The fraction of sp³-hybridized carbons (Fsp3) is 0.286. The van der Waals surface area contributed by atoms with Gasteiger partial charge in [-0.3, -0.25) is 9.79 Å². The molecule has 0 saturated heterocycles. The van der Waals surface area contributed by atoms with E-state index in [0.29, 0.717) is 22.3 Å². The van der Waals surface area contributed by atoms with Gasteiger partial charge in [0.2, 0.25) is 0 Å². The van der Waals surface area contributed by atoms with Crippen LogP contribution in [0.25, 0.3) is 0 Å². The third kappa shape index (κ3) is 3.18. The average molecular weight is 381 g/mol. The van der Waals surface area contributed by atoms with Crippen molar-refractivity contribution in [2.45, 2.75) is 32.1 Å². The maximum atomic E-state index is 14.0. The number of amidine groups is 2. The Morgan fingerprint density at radius 1 is 1.19 bits per heavy atom. The smallest absolute Gasteiger partial charge is 0.259 e. The molecule has 0 N–H and O–H groups in total. The van der Waals surface area contributed by atoms with Crippen LogP contribution < -0.4 is 0 Å². The lowest BCUT2D eigenvalue weighted by molar-refractivity contribution is -0.125. The van der Waals surface area contributed by atoms with Crippen LogP contribution in [0.3, 0.4) is 0 Å². The zero-order valence-electron chi connectivity index (χ0n) is 15.2. The number of fused-ring (bicyclic) bond motifs is 3. The van der Waals surface area contributed by atoms with Gasteiger partial charge < -0.3 is 0 Å². The van der Waals surface area contributed by atoms with Crippen LogP contribution in [0.4, 0.5) is 10.1 Å². The number of benzene rings is 2. The fourth-order valence-electron chi connectivity index (χ4n) is 3.22. The Balaban J connectivity index is 1.70. The summed E-state index contributed by atoms with van der Waals surface area (Å²) in [6.45, 7) is 4.10. The quantitative estimate of drug-likeness (QED) is 0.766. The number of hydrogen-bond donors (Lipinski definition) is 0. The minimum Gasteiger partial charge on any atom is -0.271 e. The van der Waals surface area contributed by atoms with Crippen LogP contribution in [0.5, 0.6) is 0 Å². The van der Waals surface area contributed by atoms with Crippen molar-refractivity contribution in [3.8, 4) is 0 Å². The van der Waals surface area contributed by atoms with Crippen molar-refractivity contribution in [2.75, 3.05) is 0 Å². The Labute approximate surface area is 162 Å². The van der Waals surface area contributed by atoms with Gasteiger partial charge in [0.1, 0.15) is 17.7 Å². The molecule has 0 fully saturated rings. The summed E-state index contributed by atoms with van der Waals surface area (Å²) in [6, 6.07) is 14.0. The number of amides is 1. The van der Waals surface area contributed by atoms with Gasteiger partial charge in [0.05, 0.1) is 5.69 Å². The van der Waals surface area contributed by atoms with Crippen LogP contribution in [-0.4, -0.2) is 27.9 Å². The van der Waals surface area contributed by atoms with E-state index in [2.05, 4.69) is 11.9 Å². The Hall–Kier alpha value is -2.47.